The summed E-state index contributed by atoms with van der Waals surface area (Å²) in [5.74, 6) is 1.56. The van der Waals surface area contributed by atoms with Gasteiger partial charge in [-0.1, -0.05) is 6.07 Å². The number of nitrogens with one attached hydrogen (secondary N) is 1. The average molecular weight is 301 g/mol. The van der Waals surface area contributed by atoms with Gasteiger partial charge in [-0.05, 0) is 39.7 Å². The van der Waals surface area contributed by atoms with E-state index in [1.165, 1.54) is 0 Å². The van der Waals surface area contributed by atoms with Crippen LogP contribution in [0.3, 0.4) is 0 Å². The van der Waals surface area contributed by atoms with Crippen molar-refractivity contribution in [1.82, 2.24) is 15.0 Å². The summed E-state index contributed by atoms with van der Waals surface area (Å²) >= 11 is 8.99. The van der Waals surface area contributed by atoms with E-state index in [1.807, 2.05) is 0 Å². The van der Waals surface area contributed by atoms with Gasteiger partial charge >= 0.3 is 0 Å². The number of pyridine rings is 1. The standard InChI is InChI=1S/C9H7BrClN5/c10-5-4-13-9(11)16-8(5)15-7-3-1-2-6(12)14-7/h1-4H,(H3,12,13,14,15,16). The Morgan fingerprint density at radius 1 is 1.31 bits per heavy atom. The largest absolute Gasteiger partial charge is 0.384 e. The van der Waals surface area contributed by atoms with Gasteiger partial charge in [0.25, 0.3) is 0 Å². The molecular formula is C9H7BrClN5. The van der Waals surface area contributed by atoms with Gasteiger partial charge in [0.05, 0.1) is 4.47 Å². The second-order valence-electron chi connectivity index (χ2n) is 2.91. The van der Waals surface area contributed by atoms with Gasteiger partial charge in [0.1, 0.15) is 11.6 Å². The second kappa shape index (κ2) is 4.63. The van der Waals surface area contributed by atoms with Crippen molar-refractivity contribution < 1.29 is 0 Å². The molecule has 0 aliphatic rings. The van der Waals surface area contributed by atoms with E-state index in [4.69, 9.17) is 17.3 Å². The van der Waals surface area contributed by atoms with Gasteiger partial charge in [0.15, 0.2) is 5.82 Å². The Morgan fingerprint density at radius 3 is 2.88 bits per heavy atom. The lowest BCUT2D eigenvalue weighted by Crippen LogP contribution is -2.00. The summed E-state index contributed by atoms with van der Waals surface area (Å²) in [4.78, 5) is 11.9. The molecule has 0 saturated carbocycles. The van der Waals surface area contributed by atoms with Gasteiger partial charge in [-0.25, -0.2) is 9.97 Å². The molecule has 3 N–H and O–H groups in total. The van der Waals surface area contributed by atoms with Gasteiger partial charge in [-0.15, -0.1) is 0 Å². The molecule has 7 heteroatoms. The number of anilines is 3. The van der Waals surface area contributed by atoms with Crippen molar-refractivity contribution >= 4 is 45.0 Å². The van der Waals surface area contributed by atoms with Crippen LogP contribution in [0.1, 0.15) is 0 Å². The third kappa shape index (κ3) is 2.59. The summed E-state index contributed by atoms with van der Waals surface area (Å²) in [6.45, 7) is 0. The van der Waals surface area contributed by atoms with Gasteiger partial charge in [-0.2, -0.15) is 4.98 Å². The van der Waals surface area contributed by atoms with Crippen molar-refractivity contribution in [1.29, 1.82) is 0 Å². The van der Waals surface area contributed by atoms with Gasteiger partial charge in [0, 0.05) is 6.20 Å². The molecule has 0 aliphatic carbocycles. The van der Waals surface area contributed by atoms with E-state index in [2.05, 4.69) is 36.2 Å². The molecule has 0 atom stereocenters. The fraction of sp³-hybridized carbons (Fsp3) is 0. The van der Waals surface area contributed by atoms with Crippen molar-refractivity contribution in [2.24, 2.45) is 0 Å². The molecule has 0 amide bonds. The molecule has 0 saturated heterocycles. The predicted octanol–water partition coefficient (Wildman–Crippen LogP) is 2.61. The smallest absolute Gasteiger partial charge is 0.224 e. The lowest BCUT2D eigenvalue weighted by atomic mass is 10.4. The quantitative estimate of drug-likeness (QED) is 0.834. The molecule has 2 aromatic rings. The zero-order valence-corrected chi connectivity index (χ0v) is 10.3. The van der Waals surface area contributed by atoms with Crippen molar-refractivity contribution in [3.05, 3.63) is 34.2 Å². The van der Waals surface area contributed by atoms with E-state index in [9.17, 15) is 0 Å². The lowest BCUT2D eigenvalue weighted by molar-refractivity contribution is 1.14. The fourth-order valence-corrected chi connectivity index (χ4v) is 1.50. The molecule has 0 fully saturated rings. The molecule has 2 aromatic heterocycles. The summed E-state index contributed by atoms with van der Waals surface area (Å²) in [5, 5.41) is 3.14. The molecule has 5 nitrogen and oxygen atoms in total. The monoisotopic (exact) mass is 299 g/mol. The highest BCUT2D eigenvalue weighted by atomic mass is 79.9. The highest BCUT2D eigenvalue weighted by Crippen LogP contribution is 2.23. The van der Waals surface area contributed by atoms with Crippen molar-refractivity contribution in [3.8, 4) is 0 Å². The van der Waals surface area contributed by atoms with Crippen molar-refractivity contribution in [2.45, 2.75) is 0 Å². The number of nitrogen functional groups attached to an aromatic ring is 1. The van der Waals surface area contributed by atoms with E-state index in [-0.39, 0.29) is 5.28 Å². The highest BCUT2D eigenvalue weighted by Gasteiger charge is 2.04. The Balaban J connectivity index is 2.30. The number of aromatic nitrogens is 3. The second-order valence-corrected chi connectivity index (χ2v) is 4.10. The summed E-state index contributed by atoms with van der Waals surface area (Å²) in [6.07, 6.45) is 1.56. The molecule has 0 aliphatic heterocycles. The third-order valence-electron chi connectivity index (χ3n) is 1.73. The molecule has 16 heavy (non-hydrogen) atoms. The Bertz CT molecular complexity index is 519. The van der Waals surface area contributed by atoms with E-state index in [0.29, 0.717) is 21.9 Å². The minimum atomic E-state index is 0.162. The van der Waals surface area contributed by atoms with E-state index < -0.39 is 0 Å². The number of halogens is 2. The number of hydrogen-bond donors (Lipinski definition) is 2. The summed E-state index contributed by atoms with van der Waals surface area (Å²) in [5.41, 5.74) is 5.56. The van der Waals surface area contributed by atoms with Crippen LogP contribution in [0.15, 0.2) is 28.9 Å². The molecular weight excluding hydrogens is 293 g/mol. The first kappa shape index (κ1) is 11.1. The number of nitrogens with zero attached hydrogens (tertiary/aromatic N) is 3. The highest BCUT2D eigenvalue weighted by molar-refractivity contribution is 9.10. The zero-order valence-electron chi connectivity index (χ0n) is 7.98. The van der Waals surface area contributed by atoms with E-state index in [0.717, 1.165) is 0 Å². The number of nitrogens with two attached hydrogens (primary N) is 1. The molecule has 82 valence electrons. The van der Waals surface area contributed by atoms with Crippen LogP contribution < -0.4 is 11.1 Å². The number of rotatable bonds is 2. The van der Waals surface area contributed by atoms with Crippen molar-refractivity contribution in [3.63, 3.8) is 0 Å². The van der Waals surface area contributed by atoms with E-state index >= 15 is 0 Å². The van der Waals surface area contributed by atoms with Crippen molar-refractivity contribution in [2.75, 3.05) is 11.1 Å². The van der Waals surface area contributed by atoms with Crippen LogP contribution in [-0.4, -0.2) is 15.0 Å². The molecule has 2 rings (SSSR count). The maximum atomic E-state index is 5.69. The normalized spacial score (nSPS) is 10.1. The first-order valence-corrected chi connectivity index (χ1v) is 5.50. The van der Waals surface area contributed by atoms with Crippen LogP contribution >= 0.6 is 27.5 Å². The Kier molecular flexibility index (Phi) is 3.21. The Hall–Kier alpha value is -1.40. The minimum Gasteiger partial charge on any atom is -0.384 e. The average Bonchev–Trinajstić information content (AvgIpc) is 2.24. The van der Waals surface area contributed by atoms with Crippen LogP contribution in [0.5, 0.6) is 0 Å². The third-order valence-corrected chi connectivity index (χ3v) is 2.49. The maximum Gasteiger partial charge on any atom is 0.224 e. The van der Waals surface area contributed by atoms with Gasteiger partial charge in [-0.3, -0.25) is 0 Å². The molecule has 0 bridgehead atoms. The summed E-state index contributed by atoms with van der Waals surface area (Å²) in [7, 11) is 0. The molecule has 0 aromatic carbocycles. The van der Waals surface area contributed by atoms with Crippen LogP contribution in [0.4, 0.5) is 17.5 Å². The topological polar surface area (TPSA) is 76.7 Å². The lowest BCUT2D eigenvalue weighted by Gasteiger charge is -2.06. The predicted molar refractivity (Wildman–Crippen MR) is 66.7 cm³/mol. The minimum absolute atomic E-state index is 0.162. The summed E-state index contributed by atoms with van der Waals surface area (Å²) in [6, 6.07) is 5.27. The Morgan fingerprint density at radius 2 is 2.12 bits per heavy atom. The van der Waals surface area contributed by atoms with Crippen LogP contribution in [0, 0.1) is 0 Å². The van der Waals surface area contributed by atoms with Crippen LogP contribution in [0.2, 0.25) is 5.28 Å². The Labute approximate surface area is 105 Å². The van der Waals surface area contributed by atoms with Gasteiger partial charge < -0.3 is 11.1 Å². The molecule has 0 spiro atoms. The SMILES string of the molecule is Nc1cccc(Nc2nc(Cl)ncc2Br)n1. The van der Waals surface area contributed by atoms with Crippen LogP contribution in [0.25, 0.3) is 0 Å². The number of hydrogen-bond acceptors (Lipinski definition) is 5. The first-order chi connectivity index (χ1) is 7.65. The van der Waals surface area contributed by atoms with E-state index in [1.54, 1.807) is 24.4 Å². The summed E-state index contributed by atoms with van der Waals surface area (Å²) < 4.78 is 0.695. The van der Waals surface area contributed by atoms with Crippen LogP contribution in [-0.2, 0) is 0 Å². The first-order valence-electron chi connectivity index (χ1n) is 4.33. The molecule has 0 unspecified atom stereocenters. The molecule has 0 radical (unpaired) electrons. The zero-order chi connectivity index (χ0) is 11.5. The fourth-order valence-electron chi connectivity index (χ4n) is 1.08. The maximum absolute atomic E-state index is 5.69. The molecule has 2 heterocycles. The van der Waals surface area contributed by atoms with Gasteiger partial charge in [0.2, 0.25) is 5.28 Å².